The molecule has 0 spiro atoms. The number of nitrogens with one attached hydrogen (secondary N) is 2. The Bertz CT molecular complexity index is 261. The van der Waals surface area contributed by atoms with Gasteiger partial charge in [-0.2, -0.15) is 0 Å². The van der Waals surface area contributed by atoms with E-state index < -0.39 is 0 Å². The molecule has 0 unspecified atom stereocenters. The first-order valence-electron chi connectivity index (χ1n) is 3.99. The summed E-state index contributed by atoms with van der Waals surface area (Å²) in [6.07, 6.45) is 0. The second kappa shape index (κ2) is 3.95. The number of para-hydroxylation sites is 1. The van der Waals surface area contributed by atoms with Gasteiger partial charge in [-0.15, -0.1) is 0 Å². The molecule has 0 aliphatic heterocycles. The van der Waals surface area contributed by atoms with E-state index in [1.54, 1.807) is 13.1 Å². The van der Waals surface area contributed by atoms with Gasteiger partial charge in [0.15, 0.2) is 0 Å². The maximum absolute atomic E-state index is 13.1. The summed E-state index contributed by atoms with van der Waals surface area (Å²) in [7, 11) is 1.71. The first kappa shape index (κ1) is 8.84. The van der Waals surface area contributed by atoms with Crippen LogP contribution in [0.2, 0.25) is 0 Å². The average Bonchev–Trinajstić information content (AvgIpc) is 2.05. The Kier molecular flexibility index (Phi) is 2.91. The van der Waals surface area contributed by atoms with Crippen molar-refractivity contribution in [2.24, 2.45) is 0 Å². The molecule has 0 aliphatic rings. The summed E-state index contributed by atoms with van der Waals surface area (Å²) in [5.74, 6) is -0.226. The van der Waals surface area contributed by atoms with E-state index >= 15 is 0 Å². The minimum atomic E-state index is -0.226. The van der Waals surface area contributed by atoms with Crippen LogP contribution in [0, 0.1) is 5.82 Å². The Morgan fingerprint density at radius 3 is 2.75 bits per heavy atom. The minimum absolute atomic E-state index is 0.226. The molecular weight excluding hydrogens is 155 g/mol. The molecule has 12 heavy (non-hydrogen) atoms. The van der Waals surface area contributed by atoms with Crippen LogP contribution in [-0.4, -0.2) is 13.6 Å². The van der Waals surface area contributed by atoms with Gasteiger partial charge in [0.1, 0.15) is 5.82 Å². The lowest BCUT2D eigenvalue weighted by Gasteiger charge is -2.10. The summed E-state index contributed by atoms with van der Waals surface area (Å²) in [4.78, 5) is 0. The van der Waals surface area contributed by atoms with Crippen molar-refractivity contribution in [3.05, 3.63) is 24.0 Å². The molecule has 0 aliphatic carbocycles. The van der Waals surface area contributed by atoms with Crippen LogP contribution in [0.5, 0.6) is 0 Å². The van der Waals surface area contributed by atoms with Gasteiger partial charge >= 0.3 is 0 Å². The number of hydrogen-bond acceptors (Lipinski definition) is 2. The third-order valence-electron chi connectivity index (χ3n) is 1.63. The molecule has 0 fully saturated rings. The highest BCUT2D eigenvalue weighted by Gasteiger charge is 2.03. The molecule has 0 amide bonds. The van der Waals surface area contributed by atoms with Crippen molar-refractivity contribution in [3.63, 3.8) is 0 Å². The van der Waals surface area contributed by atoms with Gasteiger partial charge in [-0.25, -0.2) is 4.39 Å². The fourth-order valence-corrected chi connectivity index (χ4v) is 1.12. The van der Waals surface area contributed by atoms with Crippen LogP contribution in [0.1, 0.15) is 6.92 Å². The van der Waals surface area contributed by atoms with Gasteiger partial charge < -0.3 is 10.6 Å². The molecule has 1 aromatic rings. The number of halogens is 1. The SMILES string of the molecule is CCNc1cccc(F)c1NC. The topological polar surface area (TPSA) is 24.1 Å². The van der Waals surface area contributed by atoms with Crippen molar-refractivity contribution in [2.75, 3.05) is 24.2 Å². The zero-order valence-electron chi connectivity index (χ0n) is 7.32. The zero-order chi connectivity index (χ0) is 8.97. The normalized spacial score (nSPS) is 9.58. The van der Waals surface area contributed by atoms with E-state index in [4.69, 9.17) is 0 Å². The van der Waals surface area contributed by atoms with Crippen LogP contribution in [0.4, 0.5) is 15.8 Å². The molecule has 0 bridgehead atoms. The first-order valence-corrected chi connectivity index (χ1v) is 3.99. The smallest absolute Gasteiger partial charge is 0.148 e. The fraction of sp³-hybridized carbons (Fsp3) is 0.333. The largest absolute Gasteiger partial charge is 0.384 e. The van der Waals surface area contributed by atoms with Gasteiger partial charge in [0, 0.05) is 13.6 Å². The number of anilines is 2. The lowest BCUT2D eigenvalue weighted by atomic mass is 10.2. The highest BCUT2D eigenvalue weighted by atomic mass is 19.1. The van der Waals surface area contributed by atoms with Crippen molar-refractivity contribution in [3.8, 4) is 0 Å². The first-order chi connectivity index (χ1) is 5.79. The van der Waals surface area contributed by atoms with Crippen molar-refractivity contribution >= 4 is 11.4 Å². The standard InChI is InChI=1S/C9H13FN2/c1-3-12-8-6-4-5-7(10)9(8)11-2/h4-6,11-12H,3H2,1-2H3. The quantitative estimate of drug-likeness (QED) is 0.723. The number of benzene rings is 1. The zero-order valence-corrected chi connectivity index (χ0v) is 7.32. The molecule has 1 rings (SSSR count). The van der Waals surface area contributed by atoms with E-state index in [1.165, 1.54) is 6.07 Å². The lowest BCUT2D eigenvalue weighted by molar-refractivity contribution is 0.632. The van der Waals surface area contributed by atoms with Crippen LogP contribution in [0.25, 0.3) is 0 Å². The monoisotopic (exact) mass is 168 g/mol. The summed E-state index contributed by atoms with van der Waals surface area (Å²) in [5.41, 5.74) is 1.33. The fourth-order valence-electron chi connectivity index (χ4n) is 1.12. The van der Waals surface area contributed by atoms with Crippen LogP contribution in [0.3, 0.4) is 0 Å². The minimum Gasteiger partial charge on any atom is -0.384 e. The summed E-state index contributed by atoms with van der Waals surface area (Å²) in [5, 5.41) is 5.88. The molecule has 0 aromatic heterocycles. The third-order valence-corrected chi connectivity index (χ3v) is 1.63. The van der Waals surface area contributed by atoms with Gasteiger partial charge in [0.2, 0.25) is 0 Å². The predicted octanol–water partition coefficient (Wildman–Crippen LogP) is 2.30. The molecule has 0 heterocycles. The maximum atomic E-state index is 13.1. The van der Waals surface area contributed by atoms with Gasteiger partial charge in [0.05, 0.1) is 11.4 Å². The molecule has 0 saturated heterocycles. The van der Waals surface area contributed by atoms with Gasteiger partial charge in [0.25, 0.3) is 0 Å². The molecular formula is C9H13FN2. The van der Waals surface area contributed by atoms with E-state index in [0.29, 0.717) is 5.69 Å². The van der Waals surface area contributed by atoms with Crippen LogP contribution in [0.15, 0.2) is 18.2 Å². The van der Waals surface area contributed by atoms with E-state index in [0.717, 1.165) is 12.2 Å². The Balaban J connectivity index is 3.00. The highest BCUT2D eigenvalue weighted by Crippen LogP contribution is 2.23. The van der Waals surface area contributed by atoms with Crippen molar-refractivity contribution in [1.82, 2.24) is 0 Å². The Labute approximate surface area is 71.8 Å². The van der Waals surface area contributed by atoms with Crippen LogP contribution < -0.4 is 10.6 Å². The Morgan fingerprint density at radius 2 is 2.17 bits per heavy atom. The molecule has 2 N–H and O–H groups in total. The van der Waals surface area contributed by atoms with E-state index in [9.17, 15) is 4.39 Å². The molecule has 1 aromatic carbocycles. The molecule has 66 valence electrons. The summed E-state index contributed by atoms with van der Waals surface area (Å²) >= 11 is 0. The molecule has 0 atom stereocenters. The van der Waals surface area contributed by atoms with Gasteiger partial charge in [-0.3, -0.25) is 0 Å². The van der Waals surface area contributed by atoms with Gasteiger partial charge in [-0.05, 0) is 19.1 Å². The van der Waals surface area contributed by atoms with Crippen molar-refractivity contribution < 1.29 is 4.39 Å². The van der Waals surface area contributed by atoms with E-state index in [-0.39, 0.29) is 5.82 Å². The molecule has 0 saturated carbocycles. The second-order valence-electron chi connectivity index (χ2n) is 2.44. The third kappa shape index (κ3) is 1.67. The van der Waals surface area contributed by atoms with E-state index in [2.05, 4.69) is 10.6 Å². The average molecular weight is 168 g/mol. The van der Waals surface area contributed by atoms with Gasteiger partial charge in [-0.1, -0.05) is 6.07 Å². The van der Waals surface area contributed by atoms with Crippen LogP contribution >= 0.6 is 0 Å². The molecule has 3 heteroatoms. The maximum Gasteiger partial charge on any atom is 0.148 e. The van der Waals surface area contributed by atoms with E-state index in [1.807, 2.05) is 13.0 Å². The lowest BCUT2D eigenvalue weighted by Crippen LogP contribution is -2.02. The Morgan fingerprint density at radius 1 is 1.42 bits per heavy atom. The molecule has 2 nitrogen and oxygen atoms in total. The molecule has 0 radical (unpaired) electrons. The van der Waals surface area contributed by atoms with Crippen molar-refractivity contribution in [2.45, 2.75) is 6.92 Å². The highest BCUT2D eigenvalue weighted by molar-refractivity contribution is 5.68. The summed E-state index contributed by atoms with van der Waals surface area (Å²) in [6.45, 7) is 2.77. The second-order valence-corrected chi connectivity index (χ2v) is 2.44. The van der Waals surface area contributed by atoms with Crippen molar-refractivity contribution in [1.29, 1.82) is 0 Å². The number of hydrogen-bond donors (Lipinski definition) is 2. The number of rotatable bonds is 3. The predicted molar refractivity (Wildman–Crippen MR) is 50.1 cm³/mol. The van der Waals surface area contributed by atoms with Crippen LogP contribution in [-0.2, 0) is 0 Å². The summed E-state index contributed by atoms with van der Waals surface area (Å²) in [6, 6.07) is 4.97. The summed E-state index contributed by atoms with van der Waals surface area (Å²) < 4.78 is 13.1. The Hall–Kier alpha value is -1.25.